The van der Waals surface area contributed by atoms with Crippen LogP contribution < -0.4 is 10.6 Å². The number of pyridine rings is 1. The monoisotopic (exact) mass is 561 g/mol. The fraction of sp³-hybridized carbons (Fsp3) is 0.160. The van der Waals surface area contributed by atoms with E-state index in [1.807, 2.05) is 0 Å². The highest BCUT2D eigenvalue weighted by Crippen LogP contribution is 2.37. The Hall–Kier alpha value is -4.36. The van der Waals surface area contributed by atoms with E-state index in [0.29, 0.717) is 18.2 Å². The van der Waals surface area contributed by atoms with Crippen molar-refractivity contribution < 1.29 is 49.1 Å². The molecule has 3 aromatic rings. The molecule has 14 heteroatoms. The van der Waals surface area contributed by atoms with Crippen LogP contribution in [-0.4, -0.2) is 23.0 Å². The van der Waals surface area contributed by atoms with Crippen molar-refractivity contribution in [3.8, 4) is 0 Å². The highest BCUT2D eigenvalue weighted by atomic mass is 19.4. The Kier molecular flexibility index (Phi) is 8.36. The summed E-state index contributed by atoms with van der Waals surface area (Å²) < 4.78 is 120. The van der Waals surface area contributed by atoms with Gasteiger partial charge in [-0.2, -0.15) is 39.5 Å². The zero-order chi connectivity index (χ0) is 29.0. The van der Waals surface area contributed by atoms with Crippen LogP contribution in [0.4, 0.5) is 45.3 Å². The molecule has 0 saturated heterocycles. The molecule has 1 heterocycles. The predicted molar refractivity (Wildman–Crippen MR) is 121 cm³/mol. The van der Waals surface area contributed by atoms with Gasteiger partial charge >= 0.3 is 18.5 Å². The molecule has 2 amide bonds. The Bertz CT molecular complexity index is 1370. The van der Waals surface area contributed by atoms with Gasteiger partial charge in [-0.1, -0.05) is 24.3 Å². The largest absolute Gasteiger partial charge is 0.417 e. The topological polar surface area (TPSA) is 71.1 Å². The standard InChI is InChI=1S/C25H16F9N3O2/c26-23(27,28)16-5-3-4-15(13-16)21(25(32,33)34)37-20(38)10-8-14-7-9-17(18(12-14)24(29,30)31)22(39)36-19-6-1-2-11-35-19/h1-13,21H,(H,37,38)(H,35,36,39)/b10-8+. The minimum absolute atomic E-state index is 0.0174. The second kappa shape index (κ2) is 11.2. The van der Waals surface area contributed by atoms with Crippen LogP contribution in [0.2, 0.25) is 0 Å². The van der Waals surface area contributed by atoms with Gasteiger partial charge in [0.2, 0.25) is 5.91 Å². The Morgan fingerprint density at radius 2 is 1.54 bits per heavy atom. The Morgan fingerprint density at radius 1 is 0.821 bits per heavy atom. The van der Waals surface area contributed by atoms with E-state index in [1.54, 1.807) is 0 Å². The molecule has 2 N–H and O–H groups in total. The van der Waals surface area contributed by atoms with Gasteiger partial charge in [0.05, 0.1) is 16.7 Å². The molecule has 2 aromatic carbocycles. The fourth-order valence-corrected chi connectivity index (χ4v) is 3.33. The second-order valence-corrected chi connectivity index (χ2v) is 7.91. The summed E-state index contributed by atoms with van der Waals surface area (Å²) in [6.07, 6.45) is -12.6. The number of halogens is 9. The van der Waals surface area contributed by atoms with Gasteiger partial charge in [0.1, 0.15) is 5.82 Å². The van der Waals surface area contributed by atoms with Gasteiger partial charge in [0.15, 0.2) is 6.04 Å². The lowest BCUT2D eigenvalue weighted by Crippen LogP contribution is -2.37. The number of anilines is 1. The molecule has 3 rings (SSSR count). The number of benzene rings is 2. The quantitative estimate of drug-likeness (QED) is 0.257. The first kappa shape index (κ1) is 29.2. The Morgan fingerprint density at radius 3 is 2.13 bits per heavy atom. The van der Waals surface area contributed by atoms with Crippen LogP contribution >= 0.6 is 0 Å². The predicted octanol–water partition coefficient (Wildman–Crippen LogP) is 6.80. The van der Waals surface area contributed by atoms with Crippen molar-refractivity contribution in [1.29, 1.82) is 0 Å². The Balaban J connectivity index is 1.84. The number of hydrogen-bond donors (Lipinski definition) is 2. The number of hydrogen-bond acceptors (Lipinski definition) is 3. The van der Waals surface area contributed by atoms with Crippen LogP contribution in [0.3, 0.4) is 0 Å². The van der Waals surface area contributed by atoms with E-state index >= 15 is 0 Å². The number of carbonyl (C=O) groups excluding carboxylic acids is 2. The highest BCUT2D eigenvalue weighted by Gasteiger charge is 2.43. The second-order valence-electron chi connectivity index (χ2n) is 7.91. The summed E-state index contributed by atoms with van der Waals surface area (Å²) in [5.41, 5.74) is -4.74. The first-order valence-electron chi connectivity index (χ1n) is 10.7. The molecule has 0 bridgehead atoms. The number of nitrogens with zero attached hydrogens (tertiary/aromatic N) is 1. The number of rotatable bonds is 6. The van der Waals surface area contributed by atoms with Crippen LogP contribution in [0.25, 0.3) is 6.08 Å². The minimum atomic E-state index is -5.19. The number of amides is 2. The van der Waals surface area contributed by atoms with E-state index in [-0.39, 0.29) is 17.4 Å². The third kappa shape index (κ3) is 7.82. The third-order valence-electron chi connectivity index (χ3n) is 5.09. The normalized spacial score (nSPS) is 13.3. The summed E-state index contributed by atoms with van der Waals surface area (Å²) in [6.45, 7) is 0. The molecular weight excluding hydrogens is 545 g/mol. The minimum Gasteiger partial charge on any atom is -0.337 e. The number of nitrogens with one attached hydrogen (secondary N) is 2. The highest BCUT2D eigenvalue weighted by molar-refractivity contribution is 6.05. The van der Waals surface area contributed by atoms with Crippen LogP contribution in [0.15, 0.2) is 72.9 Å². The first-order chi connectivity index (χ1) is 18.1. The van der Waals surface area contributed by atoms with Gasteiger partial charge in [-0.05, 0) is 53.6 Å². The van der Waals surface area contributed by atoms with Crippen molar-refractivity contribution in [3.63, 3.8) is 0 Å². The lowest BCUT2D eigenvalue weighted by Gasteiger charge is -2.22. The van der Waals surface area contributed by atoms with Crippen molar-refractivity contribution in [2.45, 2.75) is 24.6 Å². The summed E-state index contributed by atoms with van der Waals surface area (Å²) in [7, 11) is 0. The molecule has 0 aliphatic heterocycles. The zero-order valence-electron chi connectivity index (χ0n) is 19.2. The van der Waals surface area contributed by atoms with Crippen molar-refractivity contribution in [3.05, 3.63) is 101 Å². The van der Waals surface area contributed by atoms with Gasteiger partial charge in [-0.15, -0.1) is 0 Å². The summed E-state index contributed by atoms with van der Waals surface area (Å²) in [4.78, 5) is 28.3. The van der Waals surface area contributed by atoms with Gasteiger partial charge in [-0.3, -0.25) is 9.59 Å². The molecular formula is C25H16F9N3O2. The average molecular weight is 561 g/mol. The number of aromatic nitrogens is 1. The van der Waals surface area contributed by atoms with E-state index in [9.17, 15) is 49.1 Å². The smallest absolute Gasteiger partial charge is 0.337 e. The van der Waals surface area contributed by atoms with E-state index in [0.717, 1.165) is 30.3 Å². The maximum atomic E-state index is 13.6. The van der Waals surface area contributed by atoms with E-state index in [1.165, 1.54) is 29.7 Å². The molecule has 206 valence electrons. The SMILES string of the molecule is O=C(/C=C/c1ccc(C(=O)Nc2ccccn2)c(C(F)(F)F)c1)NC(c1cccc(C(F)(F)F)c1)C(F)(F)F. The van der Waals surface area contributed by atoms with E-state index in [4.69, 9.17) is 0 Å². The molecule has 0 fully saturated rings. The van der Waals surface area contributed by atoms with Crippen LogP contribution in [0.5, 0.6) is 0 Å². The molecule has 0 spiro atoms. The van der Waals surface area contributed by atoms with Gasteiger partial charge in [-0.25, -0.2) is 4.98 Å². The number of alkyl halides is 9. The molecule has 0 radical (unpaired) electrons. The molecule has 0 aliphatic rings. The van der Waals surface area contributed by atoms with E-state index < -0.39 is 58.6 Å². The van der Waals surface area contributed by atoms with Gasteiger partial charge in [0, 0.05) is 12.3 Å². The van der Waals surface area contributed by atoms with Gasteiger partial charge in [0.25, 0.3) is 5.91 Å². The molecule has 39 heavy (non-hydrogen) atoms. The van der Waals surface area contributed by atoms with Crippen molar-refractivity contribution >= 4 is 23.7 Å². The number of carbonyl (C=O) groups is 2. The molecule has 0 saturated carbocycles. The fourth-order valence-electron chi connectivity index (χ4n) is 3.33. The Labute approximate surface area is 214 Å². The first-order valence-corrected chi connectivity index (χ1v) is 10.7. The van der Waals surface area contributed by atoms with Gasteiger partial charge < -0.3 is 10.6 Å². The van der Waals surface area contributed by atoms with Crippen molar-refractivity contribution in [1.82, 2.24) is 10.3 Å². The molecule has 1 aromatic heterocycles. The van der Waals surface area contributed by atoms with Crippen LogP contribution in [-0.2, 0) is 17.1 Å². The zero-order valence-corrected chi connectivity index (χ0v) is 19.2. The van der Waals surface area contributed by atoms with Crippen molar-refractivity contribution in [2.75, 3.05) is 5.32 Å². The molecule has 5 nitrogen and oxygen atoms in total. The molecule has 1 unspecified atom stereocenters. The lowest BCUT2D eigenvalue weighted by molar-refractivity contribution is -0.162. The molecule has 1 atom stereocenters. The van der Waals surface area contributed by atoms with Crippen molar-refractivity contribution in [2.24, 2.45) is 0 Å². The lowest BCUT2D eigenvalue weighted by atomic mass is 10.0. The van der Waals surface area contributed by atoms with E-state index in [2.05, 4.69) is 10.3 Å². The summed E-state index contributed by atoms with van der Waals surface area (Å²) in [5, 5.41) is 3.71. The van der Waals surface area contributed by atoms with Crippen LogP contribution in [0, 0.1) is 0 Å². The maximum Gasteiger partial charge on any atom is 0.417 e. The third-order valence-corrected chi connectivity index (χ3v) is 5.09. The average Bonchev–Trinajstić information content (AvgIpc) is 2.85. The summed E-state index contributed by atoms with van der Waals surface area (Å²) >= 11 is 0. The molecule has 0 aliphatic carbocycles. The van der Waals surface area contributed by atoms with Crippen LogP contribution in [0.1, 0.15) is 38.7 Å². The maximum absolute atomic E-state index is 13.6. The summed E-state index contributed by atoms with van der Waals surface area (Å²) in [5.74, 6) is -2.60. The summed E-state index contributed by atoms with van der Waals surface area (Å²) in [6, 6.07) is 6.10.